The SMILES string of the molecule is CCCc1nnc(-c2nc3c(N4CCC5(CC4)C(=O)Nc4ccccc45)ncnc3n2CC)o1. The topological polar surface area (TPSA) is 115 Å². The molecule has 4 aromatic rings. The third-order valence-corrected chi connectivity index (χ3v) is 6.99. The van der Waals surface area contributed by atoms with Gasteiger partial charge in [0.2, 0.25) is 17.6 Å². The van der Waals surface area contributed by atoms with Crippen molar-refractivity contribution in [3.8, 4) is 11.7 Å². The van der Waals surface area contributed by atoms with E-state index in [2.05, 4.69) is 43.4 Å². The first-order chi connectivity index (χ1) is 16.6. The van der Waals surface area contributed by atoms with E-state index in [1.165, 1.54) is 0 Å². The van der Waals surface area contributed by atoms with Crippen LogP contribution in [0.5, 0.6) is 0 Å². The van der Waals surface area contributed by atoms with Crippen molar-refractivity contribution in [3.63, 3.8) is 0 Å². The minimum absolute atomic E-state index is 0.0954. The third-order valence-electron chi connectivity index (χ3n) is 6.99. The number of nitrogens with zero attached hydrogens (tertiary/aromatic N) is 7. The Morgan fingerprint density at radius 2 is 1.94 bits per heavy atom. The number of hydrogen-bond donors (Lipinski definition) is 1. The van der Waals surface area contributed by atoms with Gasteiger partial charge in [-0.1, -0.05) is 25.1 Å². The van der Waals surface area contributed by atoms with E-state index >= 15 is 0 Å². The molecule has 10 nitrogen and oxygen atoms in total. The van der Waals surface area contributed by atoms with Gasteiger partial charge in [0.25, 0.3) is 5.89 Å². The lowest BCUT2D eigenvalue weighted by Crippen LogP contribution is -2.46. The van der Waals surface area contributed by atoms with Gasteiger partial charge in [0.05, 0.1) is 5.41 Å². The molecule has 2 aliphatic heterocycles. The zero-order valence-electron chi connectivity index (χ0n) is 19.3. The Bertz CT molecular complexity index is 1380. The van der Waals surface area contributed by atoms with Crippen molar-refractivity contribution < 1.29 is 9.21 Å². The summed E-state index contributed by atoms with van der Waals surface area (Å²) in [7, 11) is 0. The van der Waals surface area contributed by atoms with Gasteiger partial charge in [0.1, 0.15) is 6.33 Å². The summed E-state index contributed by atoms with van der Waals surface area (Å²) in [5.41, 5.74) is 3.00. The monoisotopic (exact) mass is 458 g/mol. The molecule has 1 saturated heterocycles. The number of benzene rings is 1. The zero-order chi connectivity index (χ0) is 23.3. The van der Waals surface area contributed by atoms with Crippen LogP contribution in [0.1, 0.15) is 44.6 Å². The zero-order valence-corrected chi connectivity index (χ0v) is 19.3. The molecule has 1 fully saturated rings. The highest BCUT2D eigenvalue weighted by atomic mass is 16.4. The largest absolute Gasteiger partial charge is 0.418 e. The molecule has 0 bridgehead atoms. The molecular weight excluding hydrogens is 432 g/mol. The van der Waals surface area contributed by atoms with Gasteiger partial charge >= 0.3 is 0 Å². The first kappa shape index (κ1) is 20.8. The van der Waals surface area contributed by atoms with E-state index in [-0.39, 0.29) is 5.91 Å². The molecule has 10 heteroatoms. The lowest BCUT2D eigenvalue weighted by Gasteiger charge is -2.38. The second-order valence-corrected chi connectivity index (χ2v) is 8.87. The van der Waals surface area contributed by atoms with Crippen LogP contribution in [0.4, 0.5) is 11.5 Å². The van der Waals surface area contributed by atoms with Crippen LogP contribution in [0.3, 0.4) is 0 Å². The molecule has 1 aromatic carbocycles. The third kappa shape index (κ3) is 3.01. The van der Waals surface area contributed by atoms with E-state index in [0.717, 1.165) is 35.6 Å². The summed E-state index contributed by atoms with van der Waals surface area (Å²) in [4.78, 5) is 29.1. The maximum absolute atomic E-state index is 13.0. The van der Waals surface area contributed by atoms with Gasteiger partial charge in [-0.2, -0.15) is 0 Å². The van der Waals surface area contributed by atoms with E-state index < -0.39 is 5.41 Å². The highest BCUT2D eigenvalue weighted by molar-refractivity contribution is 6.06. The molecule has 0 unspecified atom stereocenters. The summed E-state index contributed by atoms with van der Waals surface area (Å²) in [6.07, 6.45) is 4.67. The van der Waals surface area contributed by atoms with Crippen molar-refractivity contribution in [3.05, 3.63) is 42.0 Å². The second kappa shape index (κ2) is 7.89. The number of piperidine rings is 1. The van der Waals surface area contributed by atoms with E-state index in [0.29, 0.717) is 55.6 Å². The summed E-state index contributed by atoms with van der Waals surface area (Å²) >= 11 is 0. The van der Waals surface area contributed by atoms with Crippen LogP contribution in [-0.4, -0.2) is 48.7 Å². The standard InChI is InChI=1S/C24H26N8O2/c1-3-7-17-29-30-22(34-17)21-28-18-19(25-14-26-20(18)32(21)4-2)31-12-10-24(11-13-31)15-8-5-6-9-16(15)27-23(24)33/h5-6,8-9,14H,3-4,7,10-13H2,1-2H3,(H,27,33). The van der Waals surface area contributed by atoms with E-state index in [9.17, 15) is 4.79 Å². The molecule has 0 atom stereocenters. The first-order valence-corrected chi connectivity index (χ1v) is 11.8. The van der Waals surface area contributed by atoms with Crippen LogP contribution in [0.15, 0.2) is 35.0 Å². The number of imidazole rings is 1. The van der Waals surface area contributed by atoms with Gasteiger partial charge in [0.15, 0.2) is 17.0 Å². The van der Waals surface area contributed by atoms with E-state index in [1.807, 2.05) is 29.7 Å². The molecule has 0 saturated carbocycles. The van der Waals surface area contributed by atoms with Crippen molar-refractivity contribution in [2.75, 3.05) is 23.3 Å². The molecule has 0 aliphatic carbocycles. The van der Waals surface area contributed by atoms with Crippen LogP contribution in [-0.2, 0) is 23.2 Å². The Morgan fingerprint density at radius 1 is 1.12 bits per heavy atom. The van der Waals surface area contributed by atoms with Crippen LogP contribution in [0, 0.1) is 0 Å². The van der Waals surface area contributed by atoms with Gasteiger partial charge in [0, 0.05) is 31.7 Å². The quantitative estimate of drug-likeness (QED) is 0.484. The number of aromatic nitrogens is 6. The summed E-state index contributed by atoms with van der Waals surface area (Å²) < 4.78 is 7.85. The van der Waals surface area contributed by atoms with Crippen molar-refractivity contribution in [1.29, 1.82) is 0 Å². The highest BCUT2D eigenvalue weighted by Gasteiger charge is 2.48. The molecule has 5 heterocycles. The normalized spacial score (nSPS) is 16.9. The Balaban J connectivity index is 1.34. The van der Waals surface area contributed by atoms with Crippen molar-refractivity contribution in [2.45, 2.75) is 51.5 Å². The minimum Gasteiger partial charge on any atom is -0.418 e. The predicted molar refractivity (Wildman–Crippen MR) is 126 cm³/mol. The maximum Gasteiger partial charge on any atom is 0.284 e. The number of aryl methyl sites for hydroxylation is 2. The number of rotatable bonds is 5. The smallest absolute Gasteiger partial charge is 0.284 e. The molecule has 0 radical (unpaired) electrons. The van der Waals surface area contributed by atoms with Gasteiger partial charge < -0.3 is 19.2 Å². The molecule has 174 valence electrons. The number of amides is 1. The van der Waals surface area contributed by atoms with Crippen molar-refractivity contribution in [1.82, 2.24) is 29.7 Å². The number of nitrogens with one attached hydrogen (secondary N) is 1. The van der Waals surface area contributed by atoms with Gasteiger partial charge in [-0.25, -0.2) is 15.0 Å². The van der Waals surface area contributed by atoms with Crippen LogP contribution in [0.25, 0.3) is 22.9 Å². The van der Waals surface area contributed by atoms with E-state index in [4.69, 9.17) is 9.40 Å². The van der Waals surface area contributed by atoms with Crippen LogP contribution >= 0.6 is 0 Å². The summed E-state index contributed by atoms with van der Waals surface area (Å²) in [5.74, 6) is 2.47. The number of hydrogen-bond acceptors (Lipinski definition) is 8. The summed E-state index contributed by atoms with van der Waals surface area (Å²) in [6, 6.07) is 8.01. The van der Waals surface area contributed by atoms with Gasteiger partial charge in [-0.05, 0) is 37.8 Å². The summed E-state index contributed by atoms with van der Waals surface area (Å²) in [5, 5.41) is 11.4. The van der Waals surface area contributed by atoms with Crippen molar-refractivity contribution >= 4 is 28.6 Å². The predicted octanol–water partition coefficient (Wildman–Crippen LogP) is 3.34. The van der Waals surface area contributed by atoms with Crippen molar-refractivity contribution in [2.24, 2.45) is 0 Å². The van der Waals surface area contributed by atoms with E-state index in [1.54, 1.807) is 6.33 Å². The summed E-state index contributed by atoms with van der Waals surface area (Å²) in [6.45, 7) is 6.17. The van der Waals surface area contributed by atoms with Gasteiger partial charge in [-0.3, -0.25) is 4.79 Å². The Hall–Kier alpha value is -3.82. The molecule has 6 rings (SSSR count). The number of carbonyl (C=O) groups is 1. The molecule has 1 amide bonds. The fraction of sp³-hybridized carbons (Fsp3) is 0.417. The number of anilines is 2. The first-order valence-electron chi connectivity index (χ1n) is 11.8. The Labute approximate surface area is 196 Å². The average Bonchev–Trinajstić information content (AvgIpc) is 3.55. The van der Waals surface area contributed by atoms with Crippen LogP contribution in [0.2, 0.25) is 0 Å². The second-order valence-electron chi connectivity index (χ2n) is 8.87. The van der Waals surface area contributed by atoms with Gasteiger partial charge in [-0.15, -0.1) is 10.2 Å². The Kier molecular flexibility index (Phi) is 4.82. The lowest BCUT2D eigenvalue weighted by atomic mass is 9.73. The Morgan fingerprint density at radius 3 is 2.74 bits per heavy atom. The number of para-hydroxylation sites is 1. The molecule has 1 spiro atoms. The lowest BCUT2D eigenvalue weighted by molar-refractivity contribution is -0.121. The molecule has 2 aliphatic rings. The highest BCUT2D eigenvalue weighted by Crippen LogP contribution is 2.45. The maximum atomic E-state index is 13.0. The molecular formula is C24H26N8O2. The number of carbonyl (C=O) groups excluding carboxylic acids is 1. The molecule has 1 N–H and O–H groups in total. The fourth-order valence-corrected chi connectivity index (χ4v) is 5.25. The molecule has 3 aromatic heterocycles. The molecule has 34 heavy (non-hydrogen) atoms. The fourth-order valence-electron chi connectivity index (χ4n) is 5.25. The van der Waals surface area contributed by atoms with Crippen LogP contribution < -0.4 is 10.2 Å². The number of fused-ring (bicyclic) bond motifs is 3. The average molecular weight is 459 g/mol. The minimum atomic E-state index is -0.480.